The number of thiazole rings is 1. The van der Waals surface area contributed by atoms with Gasteiger partial charge in [-0.25, -0.2) is 4.98 Å². The topological polar surface area (TPSA) is 38.9 Å². The van der Waals surface area contributed by atoms with E-state index < -0.39 is 0 Å². The number of hydrogen-bond acceptors (Lipinski definition) is 3. The van der Waals surface area contributed by atoms with Crippen LogP contribution in [0.4, 0.5) is 0 Å². The molecule has 1 heterocycles. The summed E-state index contributed by atoms with van der Waals surface area (Å²) < 4.78 is 1.08. The van der Waals surface area contributed by atoms with Crippen LogP contribution in [0.15, 0.2) is 34.9 Å². The quantitative estimate of drug-likeness (QED) is 0.942. The Kier molecular flexibility index (Phi) is 3.74. The molecule has 2 N–H and O–H groups in total. The van der Waals surface area contributed by atoms with Crippen molar-refractivity contribution in [2.45, 2.75) is 19.4 Å². The lowest BCUT2D eigenvalue weighted by atomic mass is 10.1. The van der Waals surface area contributed by atoms with Gasteiger partial charge >= 0.3 is 0 Å². The summed E-state index contributed by atoms with van der Waals surface area (Å²) in [6.07, 6.45) is 2.70. The Balaban J connectivity index is 2.08. The highest BCUT2D eigenvalue weighted by Crippen LogP contribution is 2.21. The van der Waals surface area contributed by atoms with Gasteiger partial charge in [-0.1, -0.05) is 28.1 Å². The molecule has 0 aliphatic rings. The van der Waals surface area contributed by atoms with Gasteiger partial charge in [-0.05, 0) is 24.6 Å². The molecule has 0 saturated carbocycles. The molecule has 0 aliphatic heterocycles. The van der Waals surface area contributed by atoms with E-state index in [0.29, 0.717) is 0 Å². The average Bonchev–Trinajstić information content (AvgIpc) is 2.65. The molecule has 0 aliphatic carbocycles. The molecule has 0 spiro atoms. The minimum Gasteiger partial charge on any atom is -0.324 e. The van der Waals surface area contributed by atoms with Crippen LogP contribution in [0.2, 0.25) is 0 Å². The second-order valence-electron chi connectivity index (χ2n) is 3.73. The predicted molar refractivity (Wildman–Crippen MR) is 71.6 cm³/mol. The van der Waals surface area contributed by atoms with Gasteiger partial charge in [0.2, 0.25) is 0 Å². The van der Waals surface area contributed by atoms with Crippen LogP contribution in [0.5, 0.6) is 0 Å². The molecule has 0 saturated heterocycles. The molecule has 1 aromatic carbocycles. The highest BCUT2D eigenvalue weighted by Gasteiger charge is 2.09. The molecule has 0 radical (unpaired) electrons. The first-order valence-corrected chi connectivity index (χ1v) is 6.68. The maximum absolute atomic E-state index is 6.14. The van der Waals surface area contributed by atoms with E-state index in [-0.39, 0.29) is 6.04 Å². The Labute approximate surface area is 108 Å². The summed E-state index contributed by atoms with van der Waals surface area (Å²) in [6, 6.07) is 8.16. The van der Waals surface area contributed by atoms with Crippen molar-refractivity contribution >= 4 is 27.3 Å². The smallest absolute Gasteiger partial charge is 0.0946 e. The molecular formula is C12H13BrN2S. The monoisotopic (exact) mass is 296 g/mol. The molecule has 0 bridgehead atoms. The second-order valence-corrected chi connectivity index (χ2v) is 5.96. The third-order valence-corrected chi connectivity index (χ3v) is 3.83. The van der Waals surface area contributed by atoms with Crippen molar-refractivity contribution in [3.05, 3.63) is 50.4 Å². The number of aryl methyl sites for hydroxylation is 1. The standard InChI is InChI=1S/C12H13BrN2S/c1-8-7-15-12(16-8)6-11(14)9-2-4-10(13)5-3-9/h2-5,7,11H,6,14H2,1H3. The first kappa shape index (κ1) is 11.8. The van der Waals surface area contributed by atoms with E-state index in [1.807, 2.05) is 18.3 Å². The molecule has 1 atom stereocenters. The molecule has 84 valence electrons. The number of hydrogen-bond donors (Lipinski definition) is 1. The summed E-state index contributed by atoms with van der Waals surface area (Å²) >= 11 is 5.13. The van der Waals surface area contributed by atoms with E-state index in [1.54, 1.807) is 11.3 Å². The van der Waals surface area contributed by atoms with Gasteiger partial charge in [-0.15, -0.1) is 11.3 Å². The number of aromatic nitrogens is 1. The summed E-state index contributed by atoms with van der Waals surface area (Å²) in [6.45, 7) is 2.06. The highest BCUT2D eigenvalue weighted by atomic mass is 79.9. The number of rotatable bonds is 3. The first-order valence-electron chi connectivity index (χ1n) is 5.07. The van der Waals surface area contributed by atoms with Gasteiger partial charge in [-0.3, -0.25) is 0 Å². The van der Waals surface area contributed by atoms with Crippen LogP contribution in [0.25, 0.3) is 0 Å². The van der Waals surface area contributed by atoms with Gasteiger partial charge in [0.25, 0.3) is 0 Å². The minimum absolute atomic E-state index is 0.0265. The van der Waals surface area contributed by atoms with Gasteiger partial charge in [0, 0.05) is 28.0 Å². The highest BCUT2D eigenvalue weighted by molar-refractivity contribution is 9.10. The van der Waals surface area contributed by atoms with Crippen LogP contribution in [-0.2, 0) is 6.42 Å². The largest absolute Gasteiger partial charge is 0.324 e. The van der Waals surface area contributed by atoms with Crippen molar-refractivity contribution in [2.75, 3.05) is 0 Å². The maximum Gasteiger partial charge on any atom is 0.0946 e. The van der Waals surface area contributed by atoms with E-state index in [4.69, 9.17) is 5.73 Å². The van der Waals surface area contributed by atoms with Gasteiger partial charge in [0.15, 0.2) is 0 Å². The van der Waals surface area contributed by atoms with Crippen molar-refractivity contribution < 1.29 is 0 Å². The van der Waals surface area contributed by atoms with Crippen LogP contribution in [0, 0.1) is 6.92 Å². The number of halogens is 1. The van der Waals surface area contributed by atoms with E-state index in [0.717, 1.165) is 21.5 Å². The third-order valence-electron chi connectivity index (χ3n) is 2.36. The summed E-state index contributed by atoms with van der Waals surface area (Å²) in [5, 5.41) is 1.10. The minimum atomic E-state index is 0.0265. The maximum atomic E-state index is 6.14. The van der Waals surface area contributed by atoms with Gasteiger partial charge < -0.3 is 5.73 Å². The van der Waals surface area contributed by atoms with Gasteiger partial charge in [0.1, 0.15) is 0 Å². The zero-order valence-electron chi connectivity index (χ0n) is 8.98. The van der Waals surface area contributed by atoms with E-state index >= 15 is 0 Å². The molecule has 0 fully saturated rings. The lowest BCUT2D eigenvalue weighted by molar-refractivity contribution is 0.718. The molecule has 16 heavy (non-hydrogen) atoms. The summed E-state index contributed by atoms with van der Waals surface area (Å²) in [4.78, 5) is 5.56. The third kappa shape index (κ3) is 2.90. The molecule has 1 aromatic heterocycles. The van der Waals surface area contributed by atoms with Crippen molar-refractivity contribution in [1.82, 2.24) is 4.98 Å². The number of benzene rings is 1. The fourth-order valence-corrected chi connectivity index (χ4v) is 2.62. The fourth-order valence-electron chi connectivity index (χ4n) is 1.51. The van der Waals surface area contributed by atoms with Crippen molar-refractivity contribution in [3.8, 4) is 0 Å². The predicted octanol–water partition coefficient (Wildman–Crippen LogP) is 3.46. The average molecular weight is 297 g/mol. The Hall–Kier alpha value is -0.710. The molecule has 0 amide bonds. The molecular weight excluding hydrogens is 284 g/mol. The Morgan fingerprint density at radius 1 is 1.38 bits per heavy atom. The Bertz CT molecular complexity index is 464. The molecule has 4 heteroatoms. The SMILES string of the molecule is Cc1cnc(CC(N)c2ccc(Br)cc2)s1. The normalized spacial score (nSPS) is 12.7. The fraction of sp³-hybridized carbons (Fsp3) is 0.250. The Morgan fingerprint density at radius 3 is 2.62 bits per heavy atom. The van der Waals surface area contributed by atoms with Crippen molar-refractivity contribution in [1.29, 1.82) is 0 Å². The van der Waals surface area contributed by atoms with E-state index in [2.05, 4.69) is 40.0 Å². The van der Waals surface area contributed by atoms with E-state index in [1.165, 1.54) is 4.88 Å². The van der Waals surface area contributed by atoms with Crippen LogP contribution in [-0.4, -0.2) is 4.98 Å². The van der Waals surface area contributed by atoms with Crippen molar-refractivity contribution in [3.63, 3.8) is 0 Å². The van der Waals surface area contributed by atoms with Crippen LogP contribution >= 0.6 is 27.3 Å². The lowest BCUT2D eigenvalue weighted by Crippen LogP contribution is -2.12. The van der Waals surface area contributed by atoms with Crippen LogP contribution < -0.4 is 5.73 Å². The Morgan fingerprint density at radius 2 is 2.06 bits per heavy atom. The van der Waals surface area contributed by atoms with Gasteiger partial charge in [-0.2, -0.15) is 0 Å². The van der Waals surface area contributed by atoms with Crippen LogP contribution in [0.1, 0.15) is 21.5 Å². The lowest BCUT2D eigenvalue weighted by Gasteiger charge is -2.10. The van der Waals surface area contributed by atoms with E-state index in [9.17, 15) is 0 Å². The van der Waals surface area contributed by atoms with Crippen molar-refractivity contribution in [2.24, 2.45) is 5.73 Å². The summed E-state index contributed by atoms with van der Waals surface area (Å²) in [5.74, 6) is 0. The summed E-state index contributed by atoms with van der Waals surface area (Å²) in [7, 11) is 0. The van der Waals surface area contributed by atoms with Gasteiger partial charge in [0.05, 0.1) is 5.01 Å². The molecule has 2 aromatic rings. The summed E-state index contributed by atoms with van der Waals surface area (Å²) in [5.41, 5.74) is 7.29. The number of nitrogens with zero attached hydrogens (tertiary/aromatic N) is 1. The zero-order chi connectivity index (χ0) is 11.5. The first-order chi connectivity index (χ1) is 7.65. The molecule has 1 unspecified atom stereocenters. The molecule has 2 rings (SSSR count). The van der Waals surface area contributed by atoms with Crippen LogP contribution in [0.3, 0.4) is 0 Å². The number of nitrogens with two attached hydrogens (primary N) is 1. The molecule has 2 nitrogen and oxygen atoms in total. The zero-order valence-corrected chi connectivity index (χ0v) is 11.4. The second kappa shape index (κ2) is 5.08.